The summed E-state index contributed by atoms with van der Waals surface area (Å²) in [7, 11) is 0. The molecule has 0 radical (unpaired) electrons. The number of alkyl halides is 3. The maximum absolute atomic E-state index is 13.4. The molecule has 1 aliphatic heterocycles. The molecule has 3 aromatic carbocycles. The Morgan fingerprint density at radius 1 is 0.794 bits per heavy atom. The Bertz CT molecular complexity index is 1150. The summed E-state index contributed by atoms with van der Waals surface area (Å²) in [4.78, 5) is 2.49. The maximum Gasteiger partial charge on any atom is 0.416 e. The molecular formula is C30H30F3N. The van der Waals surface area contributed by atoms with Gasteiger partial charge in [0.1, 0.15) is 0 Å². The average Bonchev–Trinajstić information content (AvgIpc) is 3.01. The maximum atomic E-state index is 13.4. The predicted molar refractivity (Wildman–Crippen MR) is 132 cm³/mol. The fourth-order valence-corrected chi connectivity index (χ4v) is 5.40. The van der Waals surface area contributed by atoms with Gasteiger partial charge in [0.05, 0.1) is 5.56 Å². The third-order valence-corrected chi connectivity index (χ3v) is 7.20. The molecule has 0 saturated carbocycles. The van der Waals surface area contributed by atoms with Gasteiger partial charge in [-0.2, -0.15) is 13.2 Å². The summed E-state index contributed by atoms with van der Waals surface area (Å²) in [6, 6.07) is 21.1. The quantitative estimate of drug-likeness (QED) is 0.389. The van der Waals surface area contributed by atoms with Crippen molar-refractivity contribution in [3.8, 4) is 0 Å². The van der Waals surface area contributed by atoms with E-state index in [2.05, 4.69) is 53.5 Å². The normalized spacial score (nSPS) is 19.0. The number of fused-ring (bicyclic) bond motifs is 2. The van der Waals surface area contributed by atoms with E-state index in [1.54, 1.807) is 6.07 Å². The molecule has 34 heavy (non-hydrogen) atoms. The van der Waals surface area contributed by atoms with Crippen molar-refractivity contribution in [3.63, 3.8) is 0 Å². The summed E-state index contributed by atoms with van der Waals surface area (Å²) in [5, 5.41) is 0. The van der Waals surface area contributed by atoms with Crippen molar-refractivity contribution >= 4 is 6.08 Å². The summed E-state index contributed by atoms with van der Waals surface area (Å²) in [6.45, 7) is 3.34. The van der Waals surface area contributed by atoms with Crippen LogP contribution in [0.1, 0.15) is 64.1 Å². The van der Waals surface area contributed by atoms with Crippen LogP contribution in [0.4, 0.5) is 13.2 Å². The van der Waals surface area contributed by atoms with Crippen LogP contribution in [0.25, 0.3) is 6.08 Å². The highest BCUT2D eigenvalue weighted by Gasteiger charge is 2.33. The van der Waals surface area contributed by atoms with E-state index in [0.29, 0.717) is 6.42 Å². The molecule has 1 fully saturated rings. The topological polar surface area (TPSA) is 3.24 Å². The molecule has 3 aromatic rings. The number of hydrogen-bond acceptors (Lipinski definition) is 1. The number of aryl methyl sites for hydroxylation is 2. The monoisotopic (exact) mass is 461 g/mol. The first-order chi connectivity index (χ1) is 16.5. The van der Waals surface area contributed by atoms with Crippen molar-refractivity contribution in [2.45, 2.75) is 44.2 Å². The van der Waals surface area contributed by atoms with Gasteiger partial charge in [-0.25, -0.2) is 0 Å². The van der Waals surface area contributed by atoms with Crippen LogP contribution in [-0.2, 0) is 19.0 Å². The Kier molecular flexibility index (Phi) is 6.60. The van der Waals surface area contributed by atoms with Gasteiger partial charge >= 0.3 is 6.18 Å². The minimum Gasteiger partial charge on any atom is -0.300 e. The van der Waals surface area contributed by atoms with Crippen LogP contribution in [0.15, 0.2) is 72.8 Å². The van der Waals surface area contributed by atoms with E-state index in [0.717, 1.165) is 35.2 Å². The van der Waals surface area contributed by atoms with Crippen molar-refractivity contribution in [1.82, 2.24) is 4.90 Å². The van der Waals surface area contributed by atoms with E-state index in [1.165, 1.54) is 55.6 Å². The highest BCUT2D eigenvalue weighted by molar-refractivity contribution is 5.55. The molecule has 1 aliphatic carbocycles. The number of hydrogen-bond donors (Lipinski definition) is 0. The summed E-state index contributed by atoms with van der Waals surface area (Å²) in [6.07, 6.45) is 5.35. The predicted octanol–water partition coefficient (Wildman–Crippen LogP) is 7.48. The number of rotatable bonds is 4. The molecule has 0 bridgehead atoms. The van der Waals surface area contributed by atoms with Gasteiger partial charge in [0, 0.05) is 12.5 Å². The average molecular weight is 462 g/mol. The lowest BCUT2D eigenvalue weighted by Gasteiger charge is -2.24. The van der Waals surface area contributed by atoms with Crippen LogP contribution >= 0.6 is 0 Å². The van der Waals surface area contributed by atoms with E-state index in [-0.39, 0.29) is 5.92 Å². The minimum absolute atomic E-state index is 0.0673. The first kappa shape index (κ1) is 22.9. The van der Waals surface area contributed by atoms with E-state index in [4.69, 9.17) is 0 Å². The Hall–Kier alpha value is -2.85. The largest absolute Gasteiger partial charge is 0.416 e. The number of benzene rings is 3. The van der Waals surface area contributed by atoms with Gasteiger partial charge in [-0.15, -0.1) is 0 Å². The first-order valence-electron chi connectivity index (χ1n) is 12.3. The SMILES string of the molecule is FC(F)(F)c1ccc2c(c1)CCc1ccccc1C2c1ccc(/C=C/CN2CCCCC2)cc1. The smallest absolute Gasteiger partial charge is 0.300 e. The standard InChI is InChI=1S/C30H30F3N/c31-30(32,33)26-16-17-28-25(21-26)15-14-23-8-2-3-9-27(23)29(28)24-12-10-22(11-13-24)7-6-20-34-18-4-1-5-19-34/h2-3,6-13,16-17,21,29H,1,4-5,14-15,18-20H2/b7-6+. The van der Waals surface area contributed by atoms with Gasteiger partial charge < -0.3 is 0 Å². The number of piperidine rings is 1. The molecule has 1 unspecified atom stereocenters. The van der Waals surface area contributed by atoms with Gasteiger partial charge in [0.15, 0.2) is 0 Å². The number of nitrogens with zero attached hydrogens (tertiary/aromatic N) is 1. The third kappa shape index (κ3) is 4.97. The third-order valence-electron chi connectivity index (χ3n) is 7.20. The van der Waals surface area contributed by atoms with Crippen LogP contribution in [0, 0.1) is 0 Å². The van der Waals surface area contributed by atoms with Crippen LogP contribution in [0.5, 0.6) is 0 Å². The van der Waals surface area contributed by atoms with E-state index in [1.807, 2.05) is 12.1 Å². The molecule has 0 spiro atoms. The molecule has 0 N–H and O–H groups in total. The molecule has 0 aromatic heterocycles. The molecular weight excluding hydrogens is 431 g/mol. The second-order valence-corrected chi connectivity index (χ2v) is 9.47. The van der Waals surface area contributed by atoms with Crippen LogP contribution < -0.4 is 0 Å². The summed E-state index contributed by atoms with van der Waals surface area (Å²) >= 11 is 0. The molecule has 2 aliphatic rings. The molecule has 4 heteroatoms. The van der Waals surface area contributed by atoms with Crippen molar-refractivity contribution < 1.29 is 13.2 Å². The van der Waals surface area contributed by atoms with Gasteiger partial charge in [-0.05, 0) is 84.3 Å². The first-order valence-corrected chi connectivity index (χ1v) is 12.3. The van der Waals surface area contributed by atoms with Gasteiger partial charge in [0.2, 0.25) is 0 Å². The lowest BCUT2D eigenvalue weighted by Crippen LogP contribution is -2.29. The van der Waals surface area contributed by atoms with E-state index in [9.17, 15) is 13.2 Å². The molecule has 1 heterocycles. The zero-order valence-electron chi connectivity index (χ0n) is 19.3. The zero-order chi connectivity index (χ0) is 23.5. The Labute approximate surface area is 199 Å². The van der Waals surface area contributed by atoms with Gasteiger partial charge in [0.25, 0.3) is 0 Å². The van der Waals surface area contributed by atoms with E-state index < -0.39 is 11.7 Å². The highest BCUT2D eigenvalue weighted by Crippen LogP contribution is 2.41. The lowest BCUT2D eigenvalue weighted by atomic mass is 9.82. The van der Waals surface area contributed by atoms with Crippen LogP contribution in [0.2, 0.25) is 0 Å². The fraction of sp³-hybridized carbons (Fsp3) is 0.333. The zero-order valence-corrected chi connectivity index (χ0v) is 19.3. The fourth-order valence-electron chi connectivity index (χ4n) is 5.40. The van der Waals surface area contributed by atoms with Crippen molar-refractivity contribution in [1.29, 1.82) is 0 Å². The lowest BCUT2D eigenvalue weighted by molar-refractivity contribution is -0.137. The Balaban J connectivity index is 1.45. The van der Waals surface area contributed by atoms with Gasteiger partial charge in [-0.1, -0.05) is 73.2 Å². The highest BCUT2D eigenvalue weighted by atomic mass is 19.4. The second-order valence-electron chi connectivity index (χ2n) is 9.47. The van der Waals surface area contributed by atoms with E-state index >= 15 is 0 Å². The molecule has 1 atom stereocenters. The molecule has 1 saturated heterocycles. The van der Waals surface area contributed by atoms with Crippen LogP contribution in [0.3, 0.4) is 0 Å². The second kappa shape index (κ2) is 9.79. The Morgan fingerprint density at radius 3 is 2.26 bits per heavy atom. The molecule has 5 rings (SSSR count). The minimum atomic E-state index is -4.33. The molecule has 0 amide bonds. The van der Waals surface area contributed by atoms with Crippen molar-refractivity contribution in [2.24, 2.45) is 0 Å². The Morgan fingerprint density at radius 2 is 1.50 bits per heavy atom. The number of halogens is 3. The van der Waals surface area contributed by atoms with Gasteiger partial charge in [-0.3, -0.25) is 4.90 Å². The summed E-state index contributed by atoms with van der Waals surface area (Å²) in [5.74, 6) is -0.0673. The molecule has 1 nitrogen and oxygen atoms in total. The summed E-state index contributed by atoms with van der Waals surface area (Å²) < 4.78 is 40.2. The molecule has 176 valence electrons. The van der Waals surface area contributed by atoms with Crippen molar-refractivity contribution in [3.05, 3.63) is 112 Å². The van der Waals surface area contributed by atoms with Crippen molar-refractivity contribution in [2.75, 3.05) is 19.6 Å². The number of likely N-dealkylation sites (tertiary alicyclic amines) is 1. The van der Waals surface area contributed by atoms with Crippen LogP contribution in [-0.4, -0.2) is 24.5 Å². The summed E-state index contributed by atoms with van der Waals surface area (Å²) in [5.41, 5.74) is 5.87.